The number of nitrogens with zero attached hydrogens (tertiary/aromatic N) is 2. The van der Waals surface area contributed by atoms with Crippen LogP contribution >= 0.6 is 11.3 Å². The van der Waals surface area contributed by atoms with Crippen molar-refractivity contribution < 1.29 is 23.8 Å². The summed E-state index contributed by atoms with van der Waals surface area (Å²) in [5, 5.41) is 16.7. The van der Waals surface area contributed by atoms with Gasteiger partial charge in [-0.1, -0.05) is 11.3 Å². The van der Waals surface area contributed by atoms with E-state index in [0.29, 0.717) is 34.5 Å². The predicted octanol–water partition coefficient (Wildman–Crippen LogP) is 3.24. The van der Waals surface area contributed by atoms with Crippen LogP contribution in [0.1, 0.15) is 21.7 Å². The first kappa shape index (κ1) is 20.4. The monoisotopic (exact) mass is 441 g/mol. The molecule has 0 unspecified atom stereocenters. The number of fused-ring (bicyclic) bond motifs is 1. The maximum absolute atomic E-state index is 12.4. The summed E-state index contributed by atoms with van der Waals surface area (Å²) in [5.41, 5.74) is 1.18. The van der Waals surface area contributed by atoms with Crippen LogP contribution in [0.5, 0.6) is 17.2 Å². The molecule has 3 aromatic rings. The highest BCUT2D eigenvalue weighted by Crippen LogP contribution is 2.34. The molecule has 1 aliphatic heterocycles. The van der Waals surface area contributed by atoms with Crippen molar-refractivity contribution in [1.29, 1.82) is 0 Å². The molecular weight excluding hydrogens is 422 g/mol. The number of anilines is 2. The second kappa shape index (κ2) is 9.30. The number of carbonyl (C=O) groups is 2. The maximum atomic E-state index is 12.4. The molecular formula is C20H19N5O5S. The smallest absolute Gasteiger partial charge is 0.319 e. The molecule has 2 aromatic carbocycles. The largest absolute Gasteiger partial charge is 0.494 e. The van der Waals surface area contributed by atoms with Gasteiger partial charge in [0.05, 0.1) is 13.2 Å². The van der Waals surface area contributed by atoms with E-state index in [1.165, 1.54) is 0 Å². The van der Waals surface area contributed by atoms with Crippen LogP contribution in [0.3, 0.4) is 0 Å². The lowest BCUT2D eigenvalue weighted by atomic mass is 10.3. The fraction of sp³-hybridized carbons (Fsp3) is 0.200. The van der Waals surface area contributed by atoms with Gasteiger partial charge >= 0.3 is 6.03 Å². The topological polar surface area (TPSA) is 124 Å². The zero-order chi connectivity index (χ0) is 21.6. The predicted molar refractivity (Wildman–Crippen MR) is 114 cm³/mol. The lowest BCUT2D eigenvalue weighted by Crippen LogP contribution is -2.28. The summed E-state index contributed by atoms with van der Waals surface area (Å²) in [4.78, 5) is 24.5. The van der Waals surface area contributed by atoms with Gasteiger partial charge in [-0.25, -0.2) is 4.79 Å². The number of carbonyl (C=O) groups excluding carboxylic acids is 2. The van der Waals surface area contributed by atoms with Crippen molar-refractivity contribution in [3.05, 3.63) is 52.5 Å². The molecule has 0 bridgehead atoms. The molecule has 4 rings (SSSR count). The fourth-order valence-electron chi connectivity index (χ4n) is 2.71. The number of ether oxygens (including phenoxy) is 3. The Bertz CT molecular complexity index is 1090. The molecule has 1 aromatic heterocycles. The van der Waals surface area contributed by atoms with Crippen molar-refractivity contribution >= 4 is 34.6 Å². The molecule has 2 heterocycles. The number of urea groups is 1. The van der Waals surface area contributed by atoms with Gasteiger partial charge in [0.2, 0.25) is 11.8 Å². The van der Waals surface area contributed by atoms with E-state index in [1.54, 1.807) is 42.5 Å². The first-order valence-electron chi connectivity index (χ1n) is 9.42. The molecule has 0 fully saturated rings. The third-order valence-electron chi connectivity index (χ3n) is 4.11. The Hall–Kier alpha value is -3.86. The van der Waals surface area contributed by atoms with Crippen molar-refractivity contribution in [2.24, 2.45) is 0 Å². The highest BCUT2D eigenvalue weighted by molar-refractivity contribution is 7.13. The summed E-state index contributed by atoms with van der Waals surface area (Å²) >= 11 is 1.09. The highest BCUT2D eigenvalue weighted by Gasteiger charge is 2.17. The van der Waals surface area contributed by atoms with Gasteiger partial charge < -0.3 is 30.2 Å². The number of hydrogen-bond acceptors (Lipinski definition) is 8. The van der Waals surface area contributed by atoms with Gasteiger partial charge in [-0.2, -0.15) is 0 Å². The lowest BCUT2D eigenvalue weighted by molar-refractivity contribution is 0.102. The average Bonchev–Trinajstić information content (AvgIpc) is 3.43. The second-order valence-corrected chi connectivity index (χ2v) is 7.35. The third kappa shape index (κ3) is 5.20. The molecule has 3 N–H and O–H groups in total. The Balaban J connectivity index is 1.27. The third-order valence-corrected chi connectivity index (χ3v) is 5.04. The van der Waals surface area contributed by atoms with Crippen LogP contribution < -0.4 is 30.2 Å². The lowest BCUT2D eigenvalue weighted by Gasteiger charge is -2.07. The molecule has 0 aliphatic carbocycles. The summed E-state index contributed by atoms with van der Waals surface area (Å²) in [6.07, 6.45) is 0. The summed E-state index contributed by atoms with van der Waals surface area (Å²) in [6.45, 7) is 2.77. The first-order valence-corrected chi connectivity index (χ1v) is 10.2. The van der Waals surface area contributed by atoms with Crippen molar-refractivity contribution in [3.8, 4) is 17.2 Å². The summed E-state index contributed by atoms with van der Waals surface area (Å²) in [5.74, 6) is 1.53. The Morgan fingerprint density at radius 3 is 2.61 bits per heavy atom. The van der Waals surface area contributed by atoms with Gasteiger partial charge in [-0.15, -0.1) is 10.2 Å². The Kier molecular flexibility index (Phi) is 6.13. The van der Waals surface area contributed by atoms with Crippen LogP contribution in [0.25, 0.3) is 0 Å². The Morgan fingerprint density at radius 1 is 1.03 bits per heavy atom. The highest BCUT2D eigenvalue weighted by atomic mass is 32.1. The van der Waals surface area contributed by atoms with Gasteiger partial charge in [0, 0.05) is 17.4 Å². The van der Waals surface area contributed by atoms with E-state index < -0.39 is 11.9 Å². The summed E-state index contributed by atoms with van der Waals surface area (Å²) in [6, 6.07) is 11.7. The van der Waals surface area contributed by atoms with Crippen LogP contribution in [0.2, 0.25) is 0 Å². The number of hydrogen-bond donors (Lipinski definition) is 3. The molecule has 3 amide bonds. The zero-order valence-corrected chi connectivity index (χ0v) is 17.3. The van der Waals surface area contributed by atoms with Crippen LogP contribution in [0.4, 0.5) is 16.2 Å². The van der Waals surface area contributed by atoms with E-state index in [4.69, 9.17) is 14.2 Å². The standard InChI is InChI=1S/C20H19N5O5S/c1-2-28-14-6-3-12(4-7-14)23-20(27)21-10-17-24-25-19(31-17)18(26)22-13-5-8-15-16(9-13)30-11-29-15/h3-9H,2,10-11H2,1H3,(H,22,26)(H2,21,23,27). The van der Waals surface area contributed by atoms with Crippen LogP contribution in [0, 0.1) is 0 Å². The molecule has 0 atom stereocenters. The summed E-state index contributed by atoms with van der Waals surface area (Å²) < 4.78 is 15.9. The van der Waals surface area contributed by atoms with Gasteiger partial charge in [0.25, 0.3) is 5.91 Å². The number of nitrogens with one attached hydrogen (secondary N) is 3. The van der Waals surface area contributed by atoms with E-state index in [9.17, 15) is 9.59 Å². The van der Waals surface area contributed by atoms with E-state index in [2.05, 4.69) is 26.1 Å². The fourth-order valence-corrected chi connectivity index (χ4v) is 3.38. The van der Waals surface area contributed by atoms with E-state index in [1.807, 2.05) is 6.92 Å². The zero-order valence-electron chi connectivity index (χ0n) is 16.5. The van der Waals surface area contributed by atoms with Gasteiger partial charge in [-0.3, -0.25) is 4.79 Å². The van der Waals surface area contributed by atoms with Crippen molar-refractivity contribution in [2.45, 2.75) is 13.5 Å². The van der Waals surface area contributed by atoms with Crippen molar-refractivity contribution in [1.82, 2.24) is 15.5 Å². The van der Waals surface area contributed by atoms with E-state index in [0.717, 1.165) is 17.1 Å². The quantitative estimate of drug-likeness (QED) is 0.514. The number of rotatable bonds is 7. The number of amides is 3. The van der Waals surface area contributed by atoms with Gasteiger partial charge in [0.15, 0.2) is 11.5 Å². The second-order valence-electron chi connectivity index (χ2n) is 6.29. The number of aromatic nitrogens is 2. The minimum atomic E-state index is -0.401. The molecule has 0 spiro atoms. The van der Waals surface area contributed by atoms with Crippen LogP contribution in [-0.4, -0.2) is 35.5 Å². The Labute approximate surface area is 181 Å². The molecule has 0 saturated carbocycles. The molecule has 0 radical (unpaired) electrons. The van der Waals surface area contributed by atoms with Crippen molar-refractivity contribution in [2.75, 3.05) is 24.0 Å². The minimum Gasteiger partial charge on any atom is -0.494 e. The molecule has 0 saturated heterocycles. The molecule has 31 heavy (non-hydrogen) atoms. The Morgan fingerprint density at radius 2 is 1.81 bits per heavy atom. The molecule has 1 aliphatic rings. The van der Waals surface area contributed by atoms with Gasteiger partial charge in [-0.05, 0) is 43.3 Å². The summed E-state index contributed by atoms with van der Waals surface area (Å²) in [7, 11) is 0. The van der Waals surface area contributed by atoms with Crippen LogP contribution in [0.15, 0.2) is 42.5 Å². The average molecular weight is 441 g/mol. The maximum Gasteiger partial charge on any atom is 0.319 e. The SMILES string of the molecule is CCOc1ccc(NC(=O)NCc2nnc(C(=O)Nc3ccc4c(c3)OCO4)s2)cc1. The molecule has 11 heteroatoms. The number of benzene rings is 2. The molecule has 10 nitrogen and oxygen atoms in total. The first-order chi connectivity index (χ1) is 15.1. The minimum absolute atomic E-state index is 0.137. The van der Waals surface area contributed by atoms with E-state index >= 15 is 0 Å². The van der Waals surface area contributed by atoms with Crippen molar-refractivity contribution in [3.63, 3.8) is 0 Å². The van der Waals surface area contributed by atoms with Crippen LogP contribution in [-0.2, 0) is 6.54 Å². The molecule has 160 valence electrons. The normalized spacial score (nSPS) is 11.6. The van der Waals surface area contributed by atoms with Gasteiger partial charge in [0.1, 0.15) is 10.8 Å². The van der Waals surface area contributed by atoms with E-state index in [-0.39, 0.29) is 18.3 Å².